The van der Waals surface area contributed by atoms with Crippen molar-refractivity contribution in [3.63, 3.8) is 0 Å². The number of esters is 2. The van der Waals surface area contributed by atoms with Gasteiger partial charge in [0.25, 0.3) is 0 Å². The molecule has 13 heteroatoms. The van der Waals surface area contributed by atoms with Crippen molar-refractivity contribution in [2.75, 3.05) is 19.8 Å². The van der Waals surface area contributed by atoms with Crippen LogP contribution in [0.15, 0.2) is 85.1 Å². The monoisotopic (exact) mass is 850 g/mol. The van der Waals surface area contributed by atoms with Gasteiger partial charge in [-0.25, -0.2) is 4.57 Å². The highest BCUT2D eigenvalue weighted by Crippen LogP contribution is 2.43. The van der Waals surface area contributed by atoms with E-state index in [4.69, 9.17) is 24.8 Å². The fraction of sp³-hybridized carbons (Fsp3) is 0.630. The van der Waals surface area contributed by atoms with Gasteiger partial charge in [-0.15, -0.1) is 0 Å². The number of carboxylic acid groups (broad SMARTS) is 1. The van der Waals surface area contributed by atoms with Gasteiger partial charge < -0.3 is 30.3 Å². The van der Waals surface area contributed by atoms with Crippen LogP contribution in [0.25, 0.3) is 0 Å². The van der Waals surface area contributed by atoms with Crippen LogP contribution in [-0.2, 0) is 37.5 Å². The molecule has 4 atom stereocenters. The van der Waals surface area contributed by atoms with Gasteiger partial charge >= 0.3 is 25.7 Å². The first-order valence-corrected chi connectivity index (χ1v) is 23.1. The van der Waals surface area contributed by atoms with Crippen molar-refractivity contribution in [2.24, 2.45) is 5.73 Å². The van der Waals surface area contributed by atoms with Crippen LogP contribution in [0, 0.1) is 0 Å². The second-order valence-corrected chi connectivity index (χ2v) is 15.9. The summed E-state index contributed by atoms with van der Waals surface area (Å²) in [6.45, 7) is 2.22. The van der Waals surface area contributed by atoms with Gasteiger partial charge in [-0.3, -0.25) is 23.4 Å². The zero-order valence-corrected chi connectivity index (χ0v) is 36.8. The number of phosphoric ester groups is 1. The number of hydrogen-bond acceptors (Lipinski definition) is 10. The lowest BCUT2D eigenvalue weighted by Gasteiger charge is -2.20. The number of carboxylic acids is 1. The minimum absolute atomic E-state index is 0.113. The highest BCUT2D eigenvalue weighted by atomic mass is 31.2. The second-order valence-electron chi connectivity index (χ2n) is 14.4. The minimum atomic E-state index is -4.75. The summed E-state index contributed by atoms with van der Waals surface area (Å²) in [7, 11) is -4.75. The van der Waals surface area contributed by atoms with Crippen molar-refractivity contribution in [2.45, 2.75) is 167 Å². The Hall–Kier alpha value is -3.38. The normalized spacial score (nSPS) is 15.1. The quantitative estimate of drug-likeness (QED) is 0.0198. The Morgan fingerprint density at radius 2 is 1.03 bits per heavy atom. The maximum absolute atomic E-state index is 12.6. The predicted octanol–water partition coefficient (Wildman–Crippen LogP) is 10.5. The Labute approximate surface area is 355 Å². The van der Waals surface area contributed by atoms with Gasteiger partial charge in [0, 0.05) is 12.8 Å². The number of allylic oxidation sites excluding steroid dienone is 14. The number of rotatable bonds is 39. The fourth-order valence-electron chi connectivity index (χ4n) is 5.20. The molecule has 1 unspecified atom stereocenters. The molecule has 0 aromatic heterocycles. The van der Waals surface area contributed by atoms with E-state index in [1.807, 2.05) is 19.1 Å². The molecule has 0 saturated carbocycles. The van der Waals surface area contributed by atoms with Gasteiger partial charge in [-0.2, -0.15) is 0 Å². The smallest absolute Gasteiger partial charge is 0.472 e. The van der Waals surface area contributed by atoms with Gasteiger partial charge in [0.15, 0.2) is 6.10 Å². The van der Waals surface area contributed by atoms with Crippen molar-refractivity contribution < 1.29 is 52.6 Å². The summed E-state index contributed by atoms with van der Waals surface area (Å²) in [4.78, 5) is 45.9. The van der Waals surface area contributed by atoms with Crippen LogP contribution in [0.3, 0.4) is 0 Å². The van der Waals surface area contributed by atoms with E-state index in [-0.39, 0.29) is 18.9 Å². The van der Waals surface area contributed by atoms with Crippen molar-refractivity contribution in [1.29, 1.82) is 0 Å². The maximum atomic E-state index is 12.6. The molecule has 0 aliphatic heterocycles. The first-order chi connectivity index (χ1) is 28.5. The number of ether oxygens (including phenoxy) is 2. The van der Waals surface area contributed by atoms with E-state index in [2.05, 4.69) is 84.4 Å². The van der Waals surface area contributed by atoms with E-state index in [9.17, 15) is 28.9 Å². The van der Waals surface area contributed by atoms with Crippen LogP contribution >= 0.6 is 7.82 Å². The molecule has 0 aliphatic carbocycles. The summed E-state index contributed by atoms with van der Waals surface area (Å²) in [5, 5.41) is 18.2. The number of carbonyl (C=O) groups excluding carboxylic acids is 2. The lowest BCUT2D eigenvalue weighted by molar-refractivity contribution is -0.161. The first kappa shape index (κ1) is 55.6. The van der Waals surface area contributed by atoms with Gasteiger partial charge in [0.05, 0.1) is 19.3 Å². The van der Waals surface area contributed by atoms with Gasteiger partial charge in [0.2, 0.25) is 0 Å². The average Bonchev–Trinajstić information content (AvgIpc) is 3.20. The first-order valence-electron chi connectivity index (χ1n) is 21.6. The second kappa shape index (κ2) is 40.0. The van der Waals surface area contributed by atoms with Crippen molar-refractivity contribution >= 4 is 25.7 Å². The molecule has 0 aliphatic rings. The third-order valence-corrected chi connectivity index (χ3v) is 9.58. The number of nitrogens with two attached hydrogens (primary N) is 1. The molecular weight excluding hydrogens is 773 g/mol. The lowest BCUT2D eigenvalue weighted by atomic mass is 10.1. The minimum Gasteiger partial charge on any atom is -0.480 e. The van der Waals surface area contributed by atoms with E-state index in [0.29, 0.717) is 19.3 Å². The van der Waals surface area contributed by atoms with Gasteiger partial charge in [0.1, 0.15) is 12.6 Å². The van der Waals surface area contributed by atoms with Crippen LogP contribution in [0.1, 0.15) is 149 Å². The maximum Gasteiger partial charge on any atom is 0.472 e. The number of aliphatic hydroxyl groups excluding tert-OH is 1. The Morgan fingerprint density at radius 3 is 1.54 bits per heavy atom. The third kappa shape index (κ3) is 41.2. The molecule has 0 spiro atoms. The number of phosphoric acid groups is 1. The van der Waals surface area contributed by atoms with E-state index in [0.717, 1.165) is 83.5 Å². The largest absolute Gasteiger partial charge is 0.480 e. The molecule has 5 N–H and O–H groups in total. The van der Waals surface area contributed by atoms with Crippen LogP contribution in [0.5, 0.6) is 0 Å². The van der Waals surface area contributed by atoms with E-state index >= 15 is 0 Å². The average molecular weight is 850 g/mol. The summed E-state index contributed by atoms with van der Waals surface area (Å²) in [6, 6.07) is -1.54. The molecular formula is C46H76NO11P. The zero-order chi connectivity index (χ0) is 43.7. The Morgan fingerprint density at radius 1 is 0.593 bits per heavy atom. The van der Waals surface area contributed by atoms with E-state index < -0.39 is 57.7 Å². The number of unbranched alkanes of at least 4 members (excludes halogenated alkanes) is 9. The summed E-state index contributed by atoms with van der Waals surface area (Å²) >= 11 is 0. The van der Waals surface area contributed by atoms with E-state index in [1.54, 1.807) is 0 Å². The highest BCUT2D eigenvalue weighted by Gasteiger charge is 2.28. The fourth-order valence-corrected chi connectivity index (χ4v) is 5.98. The summed E-state index contributed by atoms with van der Waals surface area (Å²) in [6.07, 6.45) is 46.4. The summed E-state index contributed by atoms with van der Waals surface area (Å²) < 4.78 is 32.6. The topological polar surface area (TPSA) is 192 Å². The molecule has 0 amide bonds. The number of carbonyl (C=O) groups is 3. The molecule has 0 saturated heterocycles. The molecule has 336 valence electrons. The molecule has 0 heterocycles. The Bertz CT molecular complexity index is 1340. The van der Waals surface area contributed by atoms with Crippen molar-refractivity contribution in [3.05, 3.63) is 85.1 Å². The van der Waals surface area contributed by atoms with Gasteiger partial charge in [-0.1, -0.05) is 118 Å². The molecule has 0 aromatic rings. The standard InChI is InChI=1S/C46H76NO11P/c1-3-4-5-6-7-8-9-10-11-12-15-19-22-25-28-31-34-37-45(50)58-42(39-56-59(53,54)57-40-43(47)46(51)52)38-55-44(49)36-33-30-27-24-21-18-16-13-14-17-20-23-26-29-32-35-41(2)48/h7-8,10-11,14-19,23-24,26-27,41-43,48H,3-6,9,12-13,20-22,25,28-40,47H2,1-2H3,(H,51,52)(H,53,54)/b8-7-,11-10-,17-14-,18-16-,19-15-,26-23-,27-24-/t41-,42-,43+/m1/s1. The Kier molecular flexibility index (Phi) is 37.8. The zero-order valence-electron chi connectivity index (χ0n) is 35.9. The summed E-state index contributed by atoms with van der Waals surface area (Å²) in [5.41, 5.74) is 5.32. The summed E-state index contributed by atoms with van der Waals surface area (Å²) in [5.74, 6) is -2.51. The molecule has 0 fully saturated rings. The molecule has 0 rings (SSSR count). The predicted molar refractivity (Wildman–Crippen MR) is 236 cm³/mol. The van der Waals surface area contributed by atoms with Crippen LogP contribution in [0.4, 0.5) is 0 Å². The number of hydrogen-bond donors (Lipinski definition) is 4. The number of aliphatic hydroxyl groups is 1. The lowest BCUT2D eigenvalue weighted by Crippen LogP contribution is -2.34. The van der Waals surface area contributed by atoms with Crippen molar-refractivity contribution in [1.82, 2.24) is 0 Å². The third-order valence-electron chi connectivity index (χ3n) is 8.63. The number of aliphatic carboxylic acids is 1. The molecule has 59 heavy (non-hydrogen) atoms. The van der Waals surface area contributed by atoms with Gasteiger partial charge in [-0.05, 0) is 103 Å². The highest BCUT2D eigenvalue weighted by molar-refractivity contribution is 7.47. The van der Waals surface area contributed by atoms with Crippen molar-refractivity contribution in [3.8, 4) is 0 Å². The Balaban J connectivity index is 4.52. The molecule has 0 bridgehead atoms. The molecule has 12 nitrogen and oxygen atoms in total. The van der Waals surface area contributed by atoms with Crippen LogP contribution < -0.4 is 5.73 Å². The molecule has 0 aromatic carbocycles. The van der Waals surface area contributed by atoms with E-state index in [1.165, 1.54) is 19.3 Å². The van der Waals surface area contributed by atoms with Crippen LogP contribution in [0.2, 0.25) is 0 Å². The van der Waals surface area contributed by atoms with Crippen LogP contribution in [-0.4, -0.2) is 71.1 Å². The molecule has 0 radical (unpaired) electrons. The SMILES string of the molecule is CCCCC/C=C\C/C=C\C/C=C\CCCCCCC(=O)O[C@H](COC(=O)CCC/C=C\C/C=C\C/C=C\C/C=C\CCC[C@@H](C)O)COP(=O)(O)OC[C@H](N)C(=O)O.